The Kier molecular flexibility index (Phi) is 4.58. The maximum Gasteiger partial charge on any atom is 0.127 e. The lowest BCUT2D eigenvalue weighted by molar-refractivity contribution is 0.482. The normalized spacial score (nSPS) is 10.7. The Morgan fingerprint density at radius 3 is 1.95 bits per heavy atom. The summed E-state index contributed by atoms with van der Waals surface area (Å²) in [5.74, 6) is 1.75. The Balaban J connectivity index is 1.96. The van der Waals surface area contributed by atoms with Crippen molar-refractivity contribution in [3.63, 3.8) is 0 Å². The molecule has 1 N–H and O–H groups in total. The van der Waals surface area contributed by atoms with Crippen molar-refractivity contribution in [1.29, 1.82) is 0 Å². The molecule has 100 valence electrons. The summed E-state index contributed by atoms with van der Waals surface area (Å²) in [6.07, 6.45) is 0. The van der Waals surface area contributed by atoms with Crippen molar-refractivity contribution in [3.8, 4) is 11.5 Å². The first-order valence-corrected chi connectivity index (χ1v) is 6.70. The summed E-state index contributed by atoms with van der Waals surface area (Å²) in [7, 11) is 0. The number of aryl methyl sites for hydroxylation is 1. The zero-order chi connectivity index (χ0) is 13.7. The van der Waals surface area contributed by atoms with Gasteiger partial charge in [-0.05, 0) is 36.8 Å². The SMILES string of the molecule is Cc1ccc(Oc2ccc(CNC(C)C)cc2)cc1. The molecule has 0 aliphatic heterocycles. The molecule has 0 saturated heterocycles. The molecule has 0 aliphatic rings. The topological polar surface area (TPSA) is 21.3 Å². The fourth-order valence-corrected chi connectivity index (χ4v) is 1.74. The summed E-state index contributed by atoms with van der Waals surface area (Å²) in [6, 6.07) is 16.8. The van der Waals surface area contributed by atoms with Crippen LogP contribution in [0.2, 0.25) is 0 Å². The van der Waals surface area contributed by atoms with E-state index >= 15 is 0 Å². The number of benzene rings is 2. The molecule has 0 spiro atoms. The number of hydrogen-bond donors (Lipinski definition) is 1. The third-order valence-electron chi connectivity index (χ3n) is 2.89. The fraction of sp³-hybridized carbons (Fsp3) is 0.294. The number of ether oxygens (including phenoxy) is 1. The van der Waals surface area contributed by atoms with E-state index in [4.69, 9.17) is 4.74 Å². The lowest BCUT2D eigenvalue weighted by Gasteiger charge is -2.09. The molecule has 2 rings (SSSR count). The van der Waals surface area contributed by atoms with Crippen molar-refractivity contribution >= 4 is 0 Å². The van der Waals surface area contributed by atoms with Crippen LogP contribution >= 0.6 is 0 Å². The van der Waals surface area contributed by atoms with Crippen LogP contribution in [0.1, 0.15) is 25.0 Å². The summed E-state index contributed by atoms with van der Waals surface area (Å²) in [5, 5.41) is 3.40. The van der Waals surface area contributed by atoms with Gasteiger partial charge in [0.25, 0.3) is 0 Å². The first-order chi connectivity index (χ1) is 9.13. The molecule has 2 aromatic carbocycles. The summed E-state index contributed by atoms with van der Waals surface area (Å²) >= 11 is 0. The Bertz CT molecular complexity index is 500. The standard InChI is InChI=1S/C17H21NO/c1-13(2)18-12-15-6-10-17(11-7-15)19-16-8-4-14(3)5-9-16/h4-11,13,18H,12H2,1-3H3. The molecule has 2 heteroatoms. The molecule has 0 radical (unpaired) electrons. The van der Waals surface area contributed by atoms with E-state index in [2.05, 4.69) is 50.4 Å². The average molecular weight is 255 g/mol. The largest absolute Gasteiger partial charge is 0.457 e. The van der Waals surface area contributed by atoms with Crippen molar-refractivity contribution in [1.82, 2.24) is 5.32 Å². The molecule has 0 aromatic heterocycles. The van der Waals surface area contributed by atoms with Crippen LogP contribution in [0, 0.1) is 6.92 Å². The van der Waals surface area contributed by atoms with Crippen LogP contribution in [-0.4, -0.2) is 6.04 Å². The van der Waals surface area contributed by atoms with Gasteiger partial charge in [0, 0.05) is 12.6 Å². The third kappa shape index (κ3) is 4.42. The van der Waals surface area contributed by atoms with E-state index in [9.17, 15) is 0 Å². The van der Waals surface area contributed by atoms with E-state index < -0.39 is 0 Å². The molecule has 2 aromatic rings. The Labute approximate surface area is 115 Å². The lowest BCUT2D eigenvalue weighted by atomic mass is 10.2. The summed E-state index contributed by atoms with van der Waals surface area (Å²) < 4.78 is 5.79. The molecule has 0 bridgehead atoms. The Morgan fingerprint density at radius 1 is 0.895 bits per heavy atom. The van der Waals surface area contributed by atoms with Crippen molar-refractivity contribution in [2.75, 3.05) is 0 Å². The molecule has 0 amide bonds. The van der Waals surface area contributed by atoms with Crippen molar-refractivity contribution in [2.24, 2.45) is 0 Å². The van der Waals surface area contributed by atoms with Gasteiger partial charge in [-0.2, -0.15) is 0 Å². The second kappa shape index (κ2) is 6.39. The van der Waals surface area contributed by atoms with Gasteiger partial charge in [0.05, 0.1) is 0 Å². The first-order valence-electron chi connectivity index (χ1n) is 6.70. The fourth-order valence-electron chi connectivity index (χ4n) is 1.74. The molecular weight excluding hydrogens is 234 g/mol. The third-order valence-corrected chi connectivity index (χ3v) is 2.89. The van der Waals surface area contributed by atoms with Crippen molar-refractivity contribution in [3.05, 3.63) is 59.7 Å². The van der Waals surface area contributed by atoms with E-state index in [1.165, 1.54) is 11.1 Å². The first kappa shape index (κ1) is 13.6. The van der Waals surface area contributed by atoms with Gasteiger partial charge in [-0.3, -0.25) is 0 Å². The van der Waals surface area contributed by atoms with Gasteiger partial charge in [-0.25, -0.2) is 0 Å². The second-order valence-corrected chi connectivity index (χ2v) is 5.09. The highest BCUT2D eigenvalue weighted by atomic mass is 16.5. The molecular formula is C17H21NO. The van der Waals surface area contributed by atoms with Gasteiger partial charge >= 0.3 is 0 Å². The maximum atomic E-state index is 5.79. The van der Waals surface area contributed by atoms with Gasteiger partial charge in [0.15, 0.2) is 0 Å². The van der Waals surface area contributed by atoms with Crippen LogP contribution in [-0.2, 0) is 6.54 Å². The Morgan fingerprint density at radius 2 is 1.42 bits per heavy atom. The van der Waals surface area contributed by atoms with E-state index in [0.717, 1.165) is 18.0 Å². The van der Waals surface area contributed by atoms with E-state index in [-0.39, 0.29) is 0 Å². The number of nitrogens with one attached hydrogen (secondary N) is 1. The Hall–Kier alpha value is -1.80. The van der Waals surface area contributed by atoms with Crippen molar-refractivity contribution < 1.29 is 4.74 Å². The number of hydrogen-bond acceptors (Lipinski definition) is 2. The van der Waals surface area contributed by atoms with Crippen LogP contribution in [0.25, 0.3) is 0 Å². The zero-order valence-corrected chi connectivity index (χ0v) is 11.8. The quantitative estimate of drug-likeness (QED) is 0.860. The minimum atomic E-state index is 0.503. The summed E-state index contributed by atoms with van der Waals surface area (Å²) in [6.45, 7) is 7.26. The van der Waals surface area contributed by atoms with Crippen LogP contribution < -0.4 is 10.1 Å². The molecule has 0 saturated carbocycles. The lowest BCUT2D eigenvalue weighted by Crippen LogP contribution is -2.21. The minimum Gasteiger partial charge on any atom is -0.457 e. The van der Waals surface area contributed by atoms with Crippen molar-refractivity contribution in [2.45, 2.75) is 33.4 Å². The van der Waals surface area contributed by atoms with Gasteiger partial charge in [0.2, 0.25) is 0 Å². The second-order valence-electron chi connectivity index (χ2n) is 5.09. The van der Waals surface area contributed by atoms with Crippen LogP contribution in [0.5, 0.6) is 11.5 Å². The molecule has 2 nitrogen and oxygen atoms in total. The van der Waals surface area contributed by atoms with Gasteiger partial charge in [0.1, 0.15) is 11.5 Å². The van der Waals surface area contributed by atoms with Gasteiger partial charge < -0.3 is 10.1 Å². The molecule has 19 heavy (non-hydrogen) atoms. The van der Waals surface area contributed by atoms with Gasteiger partial charge in [-0.1, -0.05) is 43.7 Å². The van der Waals surface area contributed by atoms with E-state index in [1.54, 1.807) is 0 Å². The smallest absolute Gasteiger partial charge is 0.127 e. The summed E-state index contributed by atoms with van der Waals surface area (Å²) in [4.78, 5) is 0. The highest BCUT2D eigenvalue weighted by Gasteiger charge is 1.99. The number of rotatable bonds is 5. The van der Waals surface area contributed by atoms with E-state index in [1.807, 2.05) is 24.3 Å². The molecule has 0 atom stereocenters. The predicted molar refractivity (Wildman–Crippen MR) is 79.7 cm³/mol. The monoisotopic (exact) mass is 255 g/mol. The highest BCUT2D eigenvalue weighted by molar-refractivity contribution is 5.34. The minimum absolute atomic E-state index is 0.503. The van der Waals surface area contributed by atoms with Crippen LogP contribution in [0.3, 0.4) is 0 Å². The maximum absolute atomic E-state index is 5.79. The van der Waals surface area contributed by atoms with E-state index in [0.29, 0.717) is 6.04 Å². The molecule has 0 unspecified atom stereocenters. The molecule has 0 aliphatic carbocycles. The van der Waals surface area contributed by atoms with Crippen LogP contribution in [0.15, 0.2) is 48.5 Å². The highest BCUT2D eigenvalue weighted by Crippen LogP contribution is 2.21. The average Bonchev–Trinajstić information content (AvgIpc) is 2.40. The van der Waals surface area contributed by atoms with Gasteiger partial charge in [-0.15, -0.1) is 0 Å². The predicted octanol–water partition coefficient (Wildman–Crippen LogP) is 4.29. The van der Waals surface area contributed by atoms with Crippen LogP contribution in [0.4, 0.5) is 0 Å². The zero-order valence-electron chi connectivity index (χ0n) is 11.8. The molecule has 0 fully saturated rings. The summed E-state index contributed by atoms with van der Waals surface area (Å²) in [5.41, 5.74) is 2.51. The molecule has 0 heterocycles.